The fraction of sp³-hybridized carbons (Fsp3) is 0.520. The van der Waals surface area contributed by atoms with Gasteiger partial charge >= 0.3 is 0 Å². The number of fused-ring (bicyclic) bond motifs is 2. The second kappa shape index (κ2) is 9.02. The Hall–Kier alpha value is -2.94. The van der Waals surface area contributed by atoms with Crippen molar-refractivity contribution >= 4 is 11.9 Å². The summed E-state index contributed by atoms with van der Waals surface area (Å²) in [5.41, 5.74) is 9.00. The van der Waals surface area contributed by atoms with Crippen LogP contribution in [-0.2, 0) is 16.8 Å². The van der Waals surface area contributed by atoms with E-state index in [0.717, 1.165) is 54.4 Å². The third kappa shape index (κ3) is 3.96. The molecular formula is C25H30F2N6O. The standard InChI is InChI=1S/C25H30F2N6O/c1-32-23(34)25(31-24(32)28)20(10-16-6-8-33(9-7-16)14-22(26)27)5-4-17-2-3-18(11-21(17)25)19-12-29-15-30-13-19/h2-3,11-13,15-16,20,22H,4-10,14H2,1H3,(H2,28,31)/t20-,25-/m0/s1. The molecule has 2 atom stereocenters. The van der Waals surface area contributed by atoms with Crippen molar-refractivity contribution in [2.45, 2.75) is 44.1 Å². The van der Waals surface area contributed by atoms with Gasteiger partial charge in [0.05, 0.1) is 6.54 Å². The monoisotopic (exact) mass is 468 g/mol. The van der Waals surface area contributed by atoms with Crippen molar-refractivity contribution in [1.82, 2.24) is 19.8 Å². The first-order valence-electron chi connectivity index (χ1n) is 11.9. The van der Waals surface area contributed by atoms with Gasteiger partial charge in [-0.3, -0.25) is 14.6 Å². The van der Waals surface area contributed by atoms with Crippen LogP contribution in [0.15, 0.2) is 41.9 Å². The highest BCUT2D eigenvalue weighted by atomic mass is 19.3. The van der Waals surface area contributed by atoms with Gasteiger partial charge in [0.15, 0.2) is 11.5 Å². The molecule has 3 aliphatic rings. The van der Waals surface area contributed by atoms with Crippen molar-refractivity contribution in [2.24, 2.45) is 22.6 Å². The van der Waals surface area contributed by atoms with Crippen LogP contribution in [0.1, 0.15) is 36.8 Å². The average Bonchev–Trinajstić information content (AvgIpc) is 3.07. The highest BCUT2D eigenvalue weighted by Gasteiger charge is 2.56. The first-order valence-corrected chi connectivity index (χ1v) is 11.9. The van der Waals surface area contributed by atoms with E-state index in [-0.39, 0.29) is 24.3 Å². The third-order valence-corrected chi connectivity index (χ3v) is 7.75. The van der Waals surface area contributed by atoms with Crippen LogP contribution < -0.4 is 5.73 Å². The van der Waals surface area contributed by atoms with Crippen LogP contribution in [0.5, 0.6) is 0 Å². The Balaban J connectivity index is 1.47. The molecule has 1 aromatic heterocycles. The van der Waals surface area contributed by atoms with E-state index < -0.39 is 12.0 Å². The molecule has 180 valence electrons. The Labute approximate surface area is 198 Å². The summed E-state index contributed by atoms with van der Waals surface area (Å²) in [5, 5.41) is 0. The van der Waals surface area contributed by atoms with E-state index >= 15 is 0 Å². The molecule has 1 saturated heterocycles. The number of likely N-dealkylation sites (tertiary alicyclic amines) is 1. The van der Waals surface area contributed by atoms with Crippen molar-refractivity contribution in [2.75, 3.05) is 26.7 Å². The van der Waals surface area contributed by atoms with E-state index in [4.69, 9.17) is 10.7 Å². The maximum absolute atomic E-state index is 13.7. The van der Waals surface area contributed by atoms with Crippen LogP contribution in [0.25, 0.3) is 11.1 Å². The number of nitrogens with two attached hydrogens (primary N) is 1. The molecule has 34 heavy (non-hydrogen) atoms. The number of hydrogen-bond acceptors (Lipinski definition) is 6. The zero-order valence-corrected chi connectivity index (χ0v) is 19.3. The minimum absolute atomic E-state index is 0.00456. The number of likely N-dealkylation sites (N-methyl/N-ethyl adjacent to an activating group) is 1. The first kappa shape index (κ1) is 22.8. The zero-order valence-electron chi connectivity index (χ0n) is 19.3. The molecule has 0 radical (unpaired) electrons. The van der Waals surface area contributed by atoms with Crippen molar-refractivity contribution in [3.63, 3.8) is 0 Å². The van der Waals surface area contributed by atoms with Crippen LogP contribution in [0.4, 0.5) is 8.78 Å². The number of guanidine groups is 1. The quantitative estimate of drug-likeness (QED) is 0.729. The number of halogens is 2. The van der Waals surface area contributed by atoms with E-state index in [1.54, 1.807) is 19.4 Å². The Morgan fingerprint density at radius 2 is 1.88 bits per heavy atom. The number of amides is 1. The van der Waals surface area contributed by atoms with Crippen molar-refractivity contribution < 1.29 is 13.6 Å². The van der Waals surface area contributed by atoms with Gasteiger partial charge in [0.1, 0.15) is 6.33 Å². The molecule has 0 unspecified atom stereocenters. The Kier molecular flexibility index (Phi) is 6.06. The number of hydrogen-bond donors (Lipinski definition) is 1. The summed E-state index contributed by atoms with van der Waals surface area (Å²) in [7, 11) is 1.68. The largest absolute Gasteiger partial charge is 0.369 e. The highest BCUT2D eigenvalue weighted by molar-refractivity contribution is 6.07. The van der Waals surface area contributed by atoms with Gasteiger partial charge in [-0.1, -0.05) is 12.1 Å². The van der Waals surface area contributed by atoms with Crippen molar-refractivity contribution in [3.05, 3.63) is 48.0 Å². The number of aliphatic imine (C=N–C) groups is 1. The Morgan fingerprint density at radius 3 is 2.53 bits per heavy atom. The van der Waals surface area contributed by atoms with Crippen LogP contribution in [0.2, 0.25) is 0 Å². The molecule has 1 aliphatic carbocycles. The fourth-order valence-corrected chi connectivity index (χ4v) is 5.93. The molecule has 2 aliphatic heterocycles. The van der Waals surface area contributed by atoms with Crippen LogP contribution >= 0.6 is 0 Å². The number of rotatable bonds is 5. The molecule has 0 bridgehead atoms. The van der Waals surface area contributed by atoms with Crippen molar-refractivity contribution in [1.29, 1.82) is 0 Å². The predicted octanol–water partition coefficient (Wildman–Crippen LogP) is 3.06. The maximum Gasteiger partial charge on any atom is 0.261 e. The molecule has 1 spiro atoms. The topological polar surface area (TPSA) is 87.7 Å². The normalized spacial score (nSPS) is 25.8. The molecule has 9 heteroatoms. The van der Waals surface area contributed by atoms with Gasteiger partial charge < -0.3 is 5.73 Å². The van der Waals surface area contributed by atoms with Gasteiger partial charge in [0, 0.05) is 25.0 Å². The number of alkyl halides is 2. The molecule has 5 rings (SSSR count). The smallest absolute Gasteiger partial charge is 0.261 e. The summed E-state index contributed by atoms with van der Waals surface area (Å²) in [5.74, 6) is 0.527. The van der Waals surface area contributed by atoms with Crippen LogP contribution in [-0.4, -0.2) is 64.7 Å². The number of aromatic nitrogens is 2. The number of benzene rings is 1. The van der Waals surface area contributed by atoms with Gasteiger partial charge in [-0.15, -0.1) is 0 Å². The summed E-state index contributed by atoms with van der Waals surface area (Å²) in [4.78, 5) is 30.2. The Morgan fingerprint density at radius 1 is 1.15 bits per heavy atom. The lowest BCUT2D eigenvalue weighted by Crippen LogP contribution is -2.48. The molecule has 1 fully saturated rings. The molecule has 2 aromatic rings. The molecule has 2 N–H and O–H groups in total. The summed E-state index contributed by atoms with van der Waals surface area (Å²) < 4.78 is 25.6. The lowest BCUT2D eigenvalue weighted by molar-refractivity contribution is -0.133. The zero-order chi connectivity index (χ0) is 23.9. The average molecular weight is 469 g/mol. The maximum atomic E-state index is 13.7. The summed E-state index contributed by atoms with van der Waals surface area (Å²) in [6.07, 6.45) is 6.96. The molecule has 3 heterocycles. The van der Waals surface area contributed by atoms with E-state index in [0.29, 0.717) is 19.0 Å². The lowest BCUT2D eigenvalue weighted by atomic mass is 9.65. The van der Waals surface area contributed by atoms with Gasteiger partial charge in [-0.05, 0) is 79.8 Å². The van der Waals surface area contributed by atoms with E-state index in [2.05, 4.69) is 22.1 Å². The molecule has 1 amide bonds. The second-order valence-electron chi connectivity index (χ2n) is 9.71. The number of carbonyl (C=O) groups excluding carboxylic acids is 1. The number of piperidine rings is 1. The molecule has 1 aromatic carbocycles. The Bertz CT molecular complexity index is 1090. The minimum atomic E-state index is -2.30. The van der Waals surface area contributed by atoms with E-state index in [1.165, 1.54) is 11.2 Å². The molecular weight excluding hydrogens is 438 g/mol. The number of aryl methyl sites for hydroxylation is 1. The third-order valence-electron chi connectivity index (χ3n) is 7.75. The second-order valence-corrected chi connectivity index (χ2v) is 9.71. The van der Waals surface area contributed by atoms with Crippen molar-refractivity contribution in [3.8, 4) is 11.1 Å². The fourth-order valence-electron chi connectivity index (χ4n) is 5.93. The van der Waals surface area contributed by atoms with E-state index in [9.17, 15) is 13.6 Å². The predicted molar refractivity (Wildman–Crippen MR) is 125 cm³/mol. The molecule has 0 saturated carbocycles. The lowest BCUT2D eigenvalue weighted by Gasteiger charge is -2.42. The summed E-state index contributed by atoms with van der Waals surface area (Å²) >= 11 is 0. The van der Waals surface area contributed by atoms with Crippen LogP contribution in [0.3, 0.4) is 0 Å². The van der Waals surface area contributed by atoms with Crippen LogP contribution in [0, 0.1) is 11.8 Å². The number of carbonyl (C=O) groups is 1. The number of nitrogens with zero attached hydrogens (tertiary/aromatic N) is 5. The first-order chi connectivity index (χ1) is 16.4. The summed E-state index contributed by atoms with van der Waals surface area (Å²) in [6.45, 7) is 1.18. The minimum Gasteiger partial charge on any atom is -0.369 e. The molecule has 7 nitrogen and oxygen atoms in total. The van der Waals surface area contributed by atoms with E-state index in [1.807, 2.05) is 11.0 Å². The van der Waals surface area contributed by atoms with Gasteiger partial charge in [-0.25, -0.2) is 23.7 Å². The summed E-state index contributed by atoms with van der Waals surface area (Å²) in [6, 6.07) is 6.18. The SMILES string of the molecule is CN1C(=O)[C@@]2(N=C1N)c1cc(-c3cncnc3)ccc1CC[C@H]2CC1CCN(CC(F)F)CC1. The highest BCUT2D eigenvalue weighted by Crippen LogP contribution is 2.50. The van der Waals surface area contributed by atoms with Gasteiger partial charge in [0.2, 0.25) is 0 Å². The van der Waals surface area contributed by atoms with Gasteiger partial charge in [-0.2, -0.15) is 0 Å². The van der Waals surface area contributed by atoms with Gasteiger partial charge in [0.25, 0.3) is 12.3 Å².